The topological polar surface area (TPSA) is 59.5 Å². The van der Waals surface area contributed by atoms with Crippen LogP contribution in [-0.2, 0) is 18.3 Å². The first-order valence-corrected chi connectivity index (χ1v) is 5.50. The zero-order valence-electron chi connectivity index (χ0n) is 9.89. The van der Waals surface area contributed by atoms with E-state index in [1.807, 2.05) is 0 Å². The minimum Gasteiger partial charge on any atom is -0.481 e. The summed E-state index contributed by atoms with van der Waals surface area (Å²) in [6.45, 7) is 0. The average Bonchev–Trinajstić information content (AvgIpc) is 2.79. The molecule has 2 aromatic heterocycles. The predicted molar refractivity (Wildman–Crippen MR) is 62.9 cm³/mol. The molecule has 1 N–H and O–H groups in total. The van der Waals surface area contributed by atoms with E-state index in [2.05, 4.69) is 4.98 Å². The van der Waals surface area contributed by atoms with Crippen molar-refractivity contribution in [1.29, 1.82) is 0 Å². The normalized spacial score (nSPS) is 11.5. The molecule has 1 aromatic carbocycles. The molecule has 0 amide bonds. The zero-order valence-corrected chi connectivity index (χ0v) is 9.89. The van der Waals surface area contributed by atoms with E-state index < -0.39 is 17.6 Å². The van der Waals surface area contributed by atoms with Crippen LogP contribution in [0.5, 0.6) is 0 Å². The Morgan fingerprint density at radius 1 is 1.42 bits per heavy atom. The van der Waals surface area contributed by atoms with Gasteiger partial charge in [0.1, 0.15) is 11.3 Å². The van der Waals surface area contributed by atoms with E-state index in [1.165, 1.54) is 16.7 Å². The number of hydrogen-bond donors (Lipinski definition) is 1. The first-order chi connectivity index (χ1) is 8.97. The molecule has 0 radical (unpaired) electrons. The molecule has 0 aliphatic carbocycles. The van der Waals surface area contributed by atoms with Crippen molar-refractivity contribution in [3.8, 4) is 0 Å². The quantitative estimate of drug-likeness (QED) is 0.767. The fraction of sp³-hybridized carbons (Fsp3) is 0.167. The average molecular weight is 265 g/mol. The van der Waals surface area contributed by atoms with E-state index in [0.717, 1.165) is 6.07 Å². The molecule has 0 saturated carbocycles. The van der Waals surface area contributed by atoms with Gasteiger partial charge in [-0.1, -0.05) is 0 Å². The second kappa shape index (κ2) is 3.78. The van der Waals surface area contributed by atoms with Crippen molar-refractivity contribution in [3.05, 3.63) is 35.7 Å². The third-order valence-corrected chi connectivity index (χ3v) is 3.04. The standard InChI is InChI=1S/C12H9F2N3O2/c1-16-7(4-10(18)19)5-17-9-3-6(13)2-8(14)11(9)15-12(16)17/h2-3,5H,4H2,1H3,(H,18,19). The number of aryl methyl sites for hydroxylation is 1. The highest BCUT2D eigenvalue weighted by atomic mass is 19.1. The van der Waals surface area contributed by atoms with Gasteiger partial charge < -0.3 is 9.67 Å². The van der Waals surface area contributed by atoms with Gasteiger partial charge in [0, 0.05) is 31.1 Å². The number of nitrogens with zero attached hydrogens (tertiary/aromatic N) is 3. The summed E-state index contributed by atoms with van der Waals surface area (Å²) in [5, 5.41) is 8.79. The number of carbonyl (C=O) groups is 1. The number of halogens is 2. The van der Waals surface area contributed by atoms with E-state index >= 15 is 0 Å². The number of aliphatic carboxylic acids is 1. The Balaban J connectivity index is 2.34. The molecule has 5 nitrogen and oxygen atoms in total. The monoisotopic (exact) mass is 265 g/mol. The summed E-state index contributed by atoms with van der Waals surface area (Å²) in [7, 11) is 1.63. The largest absolute Gasteiger partial charge is 0.481 e. The molecule has 0 unspecified atom stereocenters. The lowest BCUT2D eigenvalue weighted by Crippen LogP contribution is -2.05. The van der Waals surface area contributed by atoms with E-state index in [-0.39, 0.29) is 17.5 Å². The number of aromatic nitrogens is 3. The van der Waals surface area contributed by atoms with E-state index in [1.54, 1.807) is 11.6 Å². The van der Waals surface area contributed by atoms with Gasteiger partial charge in [0.15, 0.2) is 5.82 Å². The summed E-state index contributed by atoms with van der Waals surface area (Å²) < 4.78 is 29.9. The van der Waals surface area contributed by atoms with Crippen LogP contribution < -0.4 is 0 Å². The van der Waals surface area contributed by atoms with E-state index in [4.69, 9.17) is 5.11 Å². The Morgan fingerprint density at radius 2 is 2.16 bits per heavy atom. The molecule has 19 heavy (non-hydrogen) atoms. The van der Waals surface area contributed by atoms with Crippen LogP contribution in [0.2, 0.25) is 0 Å². The molecule has 0 atom stereocenters. The Labute approximate surface area is 105 Å². The first kappa shape index (κ1) is 11.6. The van der Waals surface area contributed by atoms with Crippen LogP contribution in [0.25, 0.3) is 16.8 Å². The fourth-order valence-electron chi connectivity index (χ4n) is 2.16. The number of carboxylic acid groups (broad SMARTS) is 1. The highest BCUT2D eigenvalue weighted by molar-refractivity contribution is 5.81. The number of imidazole rings is 2. The van der Waals surface area contributed by atoms with Gasteiger partial charge in [0.25, 0.3) is 0 Å². The Morgan fingerprint density at radius 3 is 2.84 bits per heavy atom. The van der Waals surface area contributed by atoms with Crippen LogP contribution in [0, 0.1) is 11.6 Å². The maximum absolute atomic E-state index is 13.6. The van der Waals surface area contributed by atoms with Gasteiger partial charge in [-0.3, -0.25) is 9.20 Å². The third kappa shape index (κ3) is 1.66. The highest BCUT2D eigenvalue weighted by Gasteiger charge is 2.16. The van der Waals surface area contributed by atoms with Crippen LogP contribution in [0.4, 0.5) is 8.78 Å². The molecular formula is C12H9F2N3O2. The minimum absolute atomic E-state index is 0.0638. The Bertz CT molecular complexity index is 819. The molecule has 7 heteroatoms. The lowest BCUT2D eigenvalue weighted by molar-refractivity contribution is -0.136. The van der Waals surface area contributed by atoms with E-state index in [0.29, 0.717) is 11.5 Å². The molecule has 0 aliphatic heterocycles. The minimum atomic E-state index is -0.981. The van der Waals surface area contributed by atoms with E-state index in [9.17, 15) is 13.6 Å². The van der Waals surface area contributed by atoms with Gasteiger partial charge in [-0.2, -0.15) is 0 Å². The molecule has 0 saturated heterocycles. The van der Waals surface area contributed by atoms with Crippen LogP contribution in [0.3, 0.4) is 0 Å². The molecule has 0 spiro atoms. The van der Waals surface area contributed by atoms with Gasteiger partial charge in [0.2, 0.25) is 5.78 Å². The van der Waals surface area contributed by atoms with Gasteiger partial charge in [-0.05, 0) is 0 Å². The number of carboxylic acids is 1. The summed E-state index contributed by atoms with van der Waals surface area (Å²) in [6.07, 6.45) is 1.34. The van der Waals surface area contributed by atoms with Crippen molar-refractivity contribution in [1.82, 2.24) is 14.0 Å². The molecule has 98 valence electrons. The third-order valence-electron chi connectivity index (χ3n) is 3.04. The number of rotatable bonds is 2. The molecule has 0 fully saturated rings. The molecule has 2 heterocycles. The fourth-order valence-corrected chi connectivity index (χ4v) is 2.16. The summed E-state index contributed by atoms with van der Waals surface area (Å²) in [5.41, 5.74) is 0.843. The number of hydrogen-bond acceptors (Lipinski definition) is 2. The predicted octanol–water partition coefficient (Wildman–Crippen LogP) is 1.73. The summed E-state index contributed by atoms with van der Waals surface area (Å²) in [6, 6.07) is 1.94. The van der Waals surface area contributed by atoms with Crippen LogP contribution in [-0.4, -0.2) is 25.0 Å². The lowest BCUT2D eigenvalue weighted by Gasteiger charge is -1.97. The van der Waals surface area contributed by atoms with Crippen molar-refractivity contribution in [2.75, 3.05) is 0 Å². The molecular weight excluding hydrogens is 256 g/mol. The highest BCUT2D eigenvalue weighted by Crippen LogP contribution is 2.22. The SMILES string of the molecule is Cn1c(CC(=O)O)cn2c3cc(F)cc(F)c3nc12. The molecule has 0 bridgehead atoms. The Hall–Kier alpha value is -2.44. The van der Waals surface area contributed by atoms with Crippen molar-refractivity contribution in [2.45, 2.75) is 6.42 Å². The molecule has 0 aliphatic rings. The van der Waals surface area contributed by atoms with Crippen molar-refractivity contribution >= 4 is 22.8 Å². The summed E-state index contributed by atoms with van der Waals surface area (Å²) >= 11 is 0. The smallest absolute Gasteiger partial charge is 0.309 e. The maximum Gasteiger partial charge on any atom is 0.309 e. The van der Waals surface area contributed by atoms with Gasteiger partial charge in [-0.15, -0.1) is 0 Å². The zero-order chi connectivity index (χ0) is 13.7. The lowest BCUT2D eigenvalue weighted by atomic mass is 10.3. The van der Waals surface area contributed by atoms with Crippen molar-refractivity contribution in [2.24, 2.45) is 7.05 Å². The molecule has 3 aromatic rings. The van der Waals surface area contributed by atoms with Gasteiger partial charge in [0.05, 0.1) is 11.9 Å². The maximum atomic E-state index is 13.6. The number of fused-ring (bicyclic) bond motifs is 3. The van der Waals surface area contributed by atoms with Crippen molar-refractivity contribution in [3.63, 3.8) is 0 Å². The summed E-state index contributed by atoms with van der Waals surface area (Å²) in [4.78, 5) is 14.8. The second-order valence-electron chi connectivity index (χ2n) is 4.29. The molecule has 3 rings (SSSR count). The summed E-state index contributed by atoms with van der Waals surface area (Å²) in [5.74, 6) is -2.05. The van der Waals surface area contributed by atoms with Gasteiger partial charge in [-0.25, -0.2) is 13.8 Å². The number of benzene rings is 1. The van der Waals surface area contributed by atoms with Gasteiger partial charge >= 0.3 is 5.97 Å². The Kier molecular flexibility index (Phi) is 2.31. The second-order valence-corrected chi connectivity index (χ2v) is 4.29. The van der Waals surface area contributed by atoms with Crippen LogP contribution in [0.1, 0.15) is 5.69 Å². The van der Waals surface area contributed by atoms with Crippen molar-refractivity contribution < 1.29 is 18.7 Å². The van der Waals surface area contributed by atoms with Crippen LogP contribution in [0.15, 0.2) is 18.3 Å². The van der Waals surface area contributed by atoms with Crippen LogP contribution >= 0.6 is 0 Å². The first-order valence-electron chi connectivity index (χ1n) is 5.50.